The summed E-state index contributed by atoms with van der Waals surface area (Å²) in [6.45, 7) is 4.13. The van der Waals surface area contributed by atoms with Crippen LogP contribution in [-0.2, 0) is 5.11 Å². The number of alkyl halides is 1. The lowest BCUT2D eigenvalue weighted by molar-refractivity contribution is 0.0913. The van der Waals surface area contributed by atoms with Gasteiger partial charge in [0.1, 0.15) is 6.10 Å². The van der Waals surface area contributed by atoms with Crippen molar-refractivity contribution in [2.75, 3.05) is 5.33 Å². The fraction of sp³-hybridized carbons (Fsp3) is 1.00. The van der Waals surface area contributed by atoms with Crippen LogP contribution in [0.1, 0.15) is 20.3 Å². The molecular formula is C6H12BrO. The third-order valence-electron chi connectivity index (χ3n) is 0.906. The molecule has 0 heterocycles. The number of halogens is 1. The van der Waals surface area contributed by atoms with Gasteiger partial charge < -0.3 is 0 Å². The zero-order chi connectivity index (χ0) is 6.57. The topological polar surface area (TPSA) is 19.9 Å². The Morgan fingerprint density at radius 2 is 2.00 bits per heavy atom. The maximum atomic E-state index is 10.7. The maximum Gasteiger partial charge on any atom is 0.103 e. The van der Waals surface area contributed by atoms with Gasteiger partial charge in [0, 0.05) is 5.33 Å². The molecule has 0 spiro atoms. The van der Waals surface area contributed by atoms with Crippen LogP contribution in [0.5, 0.6) is 0 Å². The van der Waals surface area contributed by atoms with Crippen LogP contribution in [0.2, 0.25) is 0 Å². The van der Waals surface area contributed by atoms with Gasteiger partial charge in [-0.3, -0.25) is 0 Å². The number of hydrogen-bond donors (Lipinski definition) is 0. The minimum Gasteiger partial charge on any atom is -0.232 e. The molecule has 0 aliphatic heterocycles. The van der Waals surface area contributed by atoms with Gasteiger partial charge in [0.15, 0.2) is 0 Å². The van der Waals surface area contributed by atoms with E-state index in [0.717, 1.165) is 6.42 Å². The van der Waals surface area contributed by atoms with Crippen molar-refractivity contribution >= 4 is 15.9 Å². The van der Waals surface area contributed by atoms with Gasteiger partial charge in [-0.2, -0.15) is 0 Å². The first-order valence-electron chi connectivity index (χ1n) is 2.88. The second kappa shape index (κ2) is 4.33. The Labute approximate surface area is 59.2 Å². The Bertz CT molecular complexity index is 54.5. The van der Waals surface area contributed by atoms with Gasteiger partial charge in [-0.25, -0.2) is 5.11 Å². The van der Waals surface area contributed by atoms with Crippen molar-refractivity contribution in [3.8, 4) is 0 Å². The summed E-state index contributed by atoms with van der Waals surface area (Å²) in [4.78, 5) is 0. The van der Waals surface area contributed by atoms with Crippen LogP contribution in [-0.4, -0.2) is 11.4 Å². The van der Waals surface area contributed by atoms with Crippen LogP contribution in [0.3, 0.4) is 0 Å². The van der Waals surface area contributed by atoms with Crippen LogP contribution in [0, 0.1) is 5.92 Å². The van der Waals surface area contributed by atoms with Gasteiger partial charge in [0.25, 0.3) is 0 Å². The molecule has 2 heteroatoms. The molecular weight excluding hydrogens is 168 g/mol. The Morgan fingerprint density at radius 1 is 1.50 bits per heavy atom. The molecule has 1 radical (unpaired) electrons. The first-order valence-corrected chi connectivity index (χ1v) is 4.00. The van der Waals surface area contributed by atoms with Gasteiger partial charge in [0.05, 0.1) is 0 Å². The standard InChI is InChI=1S/C6H12BrO/c1-5(2)3-6(8)4-7/h5-6H,3-4H2,1-2H3. The first kappa shape index (κ1) is 8.44. The predicted octanol–water partition coefficient (Wildman–Crippen LogP) is 2.23. The van der Waals surface area contributed by atoms with Gasteiger partial charge in [-0.05, 0) is 12.3 Å². The van der Waals surface area contributed by atoms with E-state index >= 15 is 0 Å². The molecule has 0 aromatic carbocycles. The van der Waals surface area contributed by atoms with Crippen LogP contribution < -0.4 is 0 Å². The summed E-state index contributed by atoms with van der Waals surface area (Å²) < 4.78 is 0. The lowest BCUT2D eigenvalue weighted by Gasteiger charge is -2.05. The second-order valence-electron chi connectivity index (χ2n) is 2.41. The molecule has 0 amide bonds. The molecule has 0 aliphatic carbocycles. The average Bonchev–Trinajstić information content (AvgIpc) is 1.65. The number of rotatable bonds is 3. The summed E-state index contributed by atoms with van der Waals surface area (Å²) in [5.41, 5.74) is 0. The molecule has 0 aromatic rings. The molecule has 0 saturated heterocycles. The molecule has 1 nitrogen and oxygen atoms in total. The minimum atomic E-state index is -0.407. The van der Waals surface area contributed by atoms with E-state index in [1.54, 1.807) is 0 Å². The van der Waals surface area contributed by atoms with Gasteiger partial charge in [-0.15, -0.1) is 0 Å². The lowest BCUT2D eigenvalue weighted by atomic mass is 10.1. The molecule has 0 aromatic heterocycles. The van der Waals surface area contributed by atoms with Crippen LogP contribution >= 0.6 is 15.9 Å². The van der Waals surface area contributed by atoms with Crippen molar-refractivity contribution in [1.29, 1.82) is 0 Å². The molecule has 0 saturated carbocycles. The summed E-state index contributed by atoms with van der Waals surface area (Å²) >= 11 is 3.13. The largest absolute Gasteiger partial charge is 0.232 e. The van der Waals surface area contributed by atoms with Crippen molar-refractivity contribution < 1.29 is 5.11 Å². The molecule has 49 valence electrons. The van der Waals surface area contributed by atoms with Crippen molar-refractivity contribution in [3.05, 3.63) is 0 Å². The fourth-order valence-corrected chi connectivity index (χ4v) is 0.853. The molecule has 0 rings (SSSR count). The minimum absolute atomic E-state index is 0.407. The van der Waals surface area contributed by atoms with Crippen LogP contribution in [0.4, 0.5) is 0 Å². The smallest absolute Gasteiger partial charge is 0.103 e. The summed E-state index contributed by atoms with van der Waals surface area (Å²) in [5.74, 6) is 0.537. The highest BCUT2D eigenvalue weighted by atomic mass is 79.9. The Kier molecular flexibility index (Phi) is 4.57. The highest BCUT2D eigenvalue weighted by Crippen LogP contribution is 2.06. The average molecular weight is 180 g/mol. The molecule has 0 fully saturated rings. The van der Waals surface area contributed by atoms with Gasteiger partial charge in [0.2, 0.25) is 0 Å². The third kappa shape index (κ3) is 4.60. The van der Waals surface area contributed by atoms with Crippen LogP contribution in [0.15, 0.2) is 0 Å². The first-order chi connectivity index (χ1) is 3.66. The monoisotopic (exact) mass is 179 g/mol. The van der Waals surface area contributed by atoms with E-state index in [0.29, 0.717) is 11.2 Å². The normalized spacial score (nSPS) is 14.6. The second-order valence-corrected chi connectivity index (χ2v) is 3.05. The molecule has 1 atom stereocenters. The molecule has 1 unspecified atom stereocenters. The quantitative estimate of drug-likeness (QED) is 0.593. The maximum absolute atomic E-state index is 10.7. The molecule has 8 heavy (non-hydrogen) atoms. The van der Waals surface area contributed by atoms with E-state index < -0.39 is 6.10 Å². The summed E-state index contributed by atoms with van der Waals surface area (Å²) in [5, 5.41) is 11.2. The Hall–Kier alpha value is 0.440. The molecule has 0 N–H and O–H groups in total. The van der Waals surface area contributed by atoms with E-state index in [9.17, 15) is 5.11 Å². The van der Waals surface area contributed by atoms with E-state index in [4.69, 9.17) is 0 Å². The predicted molar refractivity (Wildman–Crippen MR) is 37.7 cm³/mol. The van der Waals surface area contributed by atoms with E-state index in [-0.39, 0.29) is 0 Å². The van der Waals surface area contributed by atoms with Crippen molar-refractivity contribution in [3.63, 3.8) is 0 Å². The SMILES string of the molecule is CC(C)CC([O])CBr. The van der Waals surface area contributed by atoms with Gasteiger partial charge >= 0.3 is 0 Å². The highest BCUT2D eigenvalue weighted by molar-refractivity contribution is 9.09. The van der Waals surface area contributed by atoms with Crippen molar-refractivity contribution in [1.82, 2.24) is 0 Å². The highest BCUT2D eigenvalue weighted by Gasteiger charge is 2.04. The van der Waals surface area contributed by atoms with E-state index in [1.807, 2.05) is 0 Å². The lowest BCUT2D eigenvalue weighted by Crippen LogP contribution is -2.08. The molecule has 0 aliphatic rings. The summed E-state index contributed by atoms with van der Waals surface area (Å²) in [7, 11) is 0. The third-order valence-corrected chi connectivity index (χ3v) is 1.63. The zero-order valence-corrected chi connectivity index (χ0v) is 6.94. The fourth-order valence-electron chi connectivity index (χ4n) is 0.589. The Balaban J connectivity index is 3.10. The number of hydrogen-bond acceptors (Lipinski definition) is 0. The van der Waals surface area contributed by atoms with E-state index in [1.165, 1.54) is 0 Å². The van der Waals surface area contributed by atoms with Crippen molar-refractivity contribution in [2.24, 2.45) is 5.92 Å². The zero-order valence-electron chi connectivity index (χ0n) is 5.36. The van der Waals surface area contributed by atoms with Gasteiger partial charge in [-0.1, -0.05) is 29.8 Å². The van der Waals surface area contributed by atoms with E-state index in [2.05, 4.69) is 29.8 Å². The van der Waals surface area contributed by atoms with Crippen molar-refractivity contribution in [2.45, 2.75) is 26.4 Å². The molecule has 0 bridgehead atoms. The summed E-state index contributed by atoms with van der Waals surface area (Å²) in [6.07, 6.45) is 0.376. The Morgan fingerprint density at radius 3 is 2.12 bits per heavy atom. The summed E-state index contributed by atoms with van der Waals surface area (Å²) in [6, 6.07) is 0. The van der Waals surface area contributed by atoms with Crippen LogP contribution in [0.25, 0.3) is 0 Å².